The van der Waals surface area contributed by atoms with Crippen molar-refractivity contribution in [1.82, 2.24) is 4.90 Å². The number of carbonyl (C=O) groups excluding carboxylic acids is 1. The van der Waals surface area contributed by atoms with Gasteiger partial charge >= 0.3 is 0 Å². The number of amides is 1. The van der Waals surface area contributed by atoms with Crippen LogP contribution in [0.15, 0.2) is 0 Å². The fourth-order valence-corrected chi connectivity index (χ4v) is 3.75. The molecular formula is C16H27NO4. The Bertz CT molecular complexity index is 361. The number of rotatable bonds is 5. The summed E-state index contributed by atoms with van der Waals surface area (Å²) in [6, 6.07) is 0. The lowest BCUT2D eigenvalue weighted by Gasteiger charge is -2.50. The monoisotopic (exact) mass is 297 g/mol. The van der Waals surface area contributed by atoms with Gasteiger partial charge in [0.05, 0.1) is 13.1 Å². The minimum atomic E-state index is -0.0618. The van der Waals surface area contributed by atoms with Crippen molar-refractivity contribution in [2.75, 3.05) is 46.1 Å². The van der Waals surface area contributed by atoms with Gasteiger partial charge in [-0.2, -0.15) is 0 Å². The van der Waals surface area contributed by atoms with E-state index >= 15 is 0 Å². The van der Waals surface area contributed by atoms with Crippen molar-refractivity contribution in [3.8, 4) is 0 Å². The molecule has 1 spiro atoms. The number of ether oxygens (including phenoxy) is 3. The van der Waals surface area contributed by atoms with Gasteiger partial charge in [-0.1, -0.05) is 0 Å². The van der Waals surface area contributed by atoms with E-state index in [0.29, 0.717) is 11.8 Å². The van der Waals surface area contributed by atoms with Crippen molar-refractivity contribution in [2.24, 2.45) is 11.8 Å². The molecule has 5 heteroatoms. The van der Waals surface area contributed by atoms with Gasteiger partial charge in [0.15, 0.2) is 0 Å². The van der Waals surface area contributed by atoms with Crippen molar-refractivity contribution in [3.05, 3.63) is 0 Å². The molecule has 0 unspecified atom stereocenters. The number of nitrogens with zero attached hydrogens (tertiary/aromatic N) is 1. The van der Waals surface area contributed by atoms with E-state index in [1.807, 2.05) is 4.90 Å². The molecule has 0 bridgehead atoms. The van der Waals surface area contributed by atoms with E-state index in [4.69, 9.17) is 14.2 Å². The molecule has 1 amide bonds. The lowest BCUT2D eigenvalue weighted by atomic mass is 9.79. The zero-order valence-corrected chi connectivity index (χ0v) is 13.0. The summed E-state index contributed by atoms with van der Waals surface area (Å²) >= 11 is 0. The molecule has 0 radical (unpaired) electrons. The summed E-state index contributed by atoms with van der Waals surface area (Å²) in [4.78, 5) is 13.2. The average molecular weight is 297 g/mol. The second-order valence-electron chi connectivity index (χ2n) is 6.69. The SMILES string of the molecule is CC(=O)N1CC2(C1)OCC[C@H]2CCOCC1CCOCC1. The Balaban J connectivity index is 1.36. The lowest BCUT2D eigenvalue weighted by molar-refractivity contribution is -0.164. The second-order valence-corrected chi connectivity index (χ2v) is 6.69. The van der Waals surface area contributed by atoms with Gasteiger partial charge in [0.1, 0.15) is 5.60 Å². The summed E-state index contributed by atoms with van der Waals surface area (Å²) in [5.41, 5.74) is -0.0618. The van der Waals surface area contributed by atoms with Crippen LogP contribution in [0.25, 0.3) is 0 Å². The molecular weight excluding hydrogens is 270 g/mol. The van der Waals surface area contributed by atoms with Gasteiger partial charge in [-0.15, -0.1) is 0 Å². The van der Waals surface area contributed by atoms with E-state index < -0.39 is 0 Å². The van der Waals surface area contributed by atoms with Crippen molar-refractivity contribution in [1.29, 1.82) is 0 Å². The second kappa shape index (κ2) is 6.63. The normalized spacial score (nSPS) is 28.8. The van der Waals surface area contributed by atoms with Gasteiger partial charge in [0.25, 0.3) is 0 Å². The van der Waals surface area contributed by atoms with E-state index in [2.05, 4.69) is 0 Å². The molecule has 1 atom stereocenters. The smallest absolute Gasteiger partial charge is 0.219 e. The van der Waals surface area contributed by atoms with Crippen LogP contribution < -0.4 is 0 Å². The highest BCUT2D eigenvalue weighted by Crippen LogP contribution is 2.41. The van der Waals surface area contributed by atoms with Gasteiger partial charge in [0.2, 0.25) is 5.91 Å². The van der Waals surface area contributed by atoms with Gasteiger partial charge in [0, 0.05) is 40.0 Å². The lowest BCUT2D eigenvalue weighted by Crippen LogP contribution is -2.65. The summed E-state index contributed by atoms with van der Waals surface area (Å²) in [7, 11) is 0. The summed E-state index contributed by atoms with van der Waals surface area (Å²) in [5.74, 6) is 1.37. The van der Waals surface area contributed by atoms with E-state index in [0.717, 1.165) is 71.8 Å². The highest BCUT2D eigenvalue weighted by atomic mass is 16.5. The van der Waals surface area contributed by atoms with Crippen LogP contribution in [0, 0.1) is 11.8 Å². The maximum Gasteiger partial charge on any atom is 0.219 e. The van der Waals surface area contributed by atoms with E-state index in [9.17, 15) is 4.79 Å². The zero-order valence-electron chi connectivity index (χ0n) is 13.0. The van der Waals surface area contributed by atoms with Crippen LogP contribution in [-0.2, 0) is 19.0 Å². The average Bonchev–Trinajstić information content (AvgIpc) is 2.87. The van der Waals surface area contributed by atoms with E-state index in [1.165, 1.54) is 0 Å². The van der Waals surface area contributed by atoms with Crippen molar-refractivity contribution in [2.45, 2.75) is 38.2 Å². The van der Waals surface area contributed by atoms with Crippen LogP contribution in [0.5, 0.6) is 0 Å². The van der Waals surface area contributed by atoms with Crippen molar-refractivity contribution >= 4 is 5.91 Å². The highest BCUT2D eigenvalue weighted by Gasteiger charge is 2.53. The van der Waals surface area contributed by atoms with Crippen LogP contribution >= 0.6 is 0 Å². The summed E-state index contributed by atoms with van der Waals surface area (Å²) < 4.78 is 17.2. The Morgan fingerprint density at radius 1 is 1.24 bits per heavy atom. The van der Waals surface area contributed by atoms with Gasteiger partial charge in [-0.05, 0) is 37.5 Å². The minimum absolute atomic E-state index is 0.0618. The molecule has 21 heavy (non-hydrogen) atoms. The first-order valence-corrected chi connectivity index (χ1v) is 8.24. The molecule has 0 aromatic rings. The zero-order chi connectivity index (χ0) is 14.7. The van der Waals surface area contributed by atoms with Crippen LogP contribution in [0.4, 0.5) is 0 Å². The van der Waals surface area contributed by atoms with Crippen LogP contribution in [0.1, 0.15) is 32.6 Å². The first kappa shape index (κ1) is 15.3. The molecule has 3 rings (SSSR count). The maximum atomic E-state index is 11.3. The molecule has 0 saturated carbocycles. The Morgan fingerprint density at radius 3 is 2.71 bits per heavy atom. The van der Waals surface area contributed by atoms with Gasteiger partial charge in [-0.3, -0.25) is 4.79 Å². The molecule has 3 saturated heterocycles. The first-order valence-electron chi connectivity index (χ1n) is 8.24. The molecule has 3 aliphatic heterocycles. The molecule has 0 aliphatic carbocycles. The van der Waals surface area contributed by atoms with Crippen molar-refractivity contribution < 1.29 is 19.0 Å². The molecule has 0 aromatic heterocycles. The number of carbonyl (C=O) groups is 1. The van der Waals surface area contributed by atoms with Crippen LogP contribution in [0.3, 0.4) is 0 Å². The Morgan fingerprint density at radius 2 is 2.00 bits per heavy atom. The van der Waals surface area contributed by atoms with E-state index in [-0.39, 0.29) is 11.5 Å². The molecule has 3 fully saturated rings. The highest BCUT2D eigenvalue weighted by molar-refractivity contribution is 5.74. The predicted octanol–water partition coefficient (Wildman–Crippen LogP) is 1.46. The first-order chi connectivity index (χ1) is 10.2. The third kappa shape index (κ3) is 3.41. The number of hydrogen-bond acceptors (Lipinski definition) is 4. The van der Waals surface area contributed by atoms with E-state index in [1.54, 1.807) is 6.92 Å². The molecule has 3 aliphatic rings. The maximum absolute atomic E-state index is 11.3. The van der Waals surface area contributed by atoms with Gasteiger partial charge in [-0.25, -0.2) is 0 Å². The van der Waals surface area contributed by atoms with Crippen LogP contribution in [0.2, 0.25) is 0 Å². The number of hydrogen-bond donors (Lipinski definition) is 0. The largest absolute Gasteiger partial charge is 0.381 e. The van der Waals surface area contributed by atoms with Crippen LogP contribution in [-0.4, -0.2) is 62.5 Å². The third-order valence-corrected chi connectivity index (χ3v) is 5.27. The Labute approximate surface area is 126 Å². The minimum Gasteiger partial charge on any atom is -0.381 e. The topological polar surface area (TPSA) is 48.0 Å². The Kier molecular flexibility index (Phi) is 4.82. The quantitative estimate of drug-likeness (QED) is 0.721. The molecule has 5 nitrogen and oxygen atoms in total. The summed E-state index contributed by atoms with van der Waals surface area (Å²) in [6.07, 6.45) is 4.41. The molecule has 0 aromatic carbocycles. The molecule has 0 N–H and O–H groups in total. The fraction of sp³-hybridized carbons (Fsp3) is 0.938. The summed E-state index contributed by atoms with van der Waals surface area (Å²) in [6.45, 7) is 7.45. The standard InChI is InChI=1S/C16H27NO4/c1-13(18)17-11-16(12-17)15(5-9-21-16)4-8-20-10-14-2-6-19-7-3-14/h14-15H,2-12H2,1H3/t15-/m1/s1. The van der Waals surface area contributed by atoms with Crippen molar-refractivity contribution in [3.63, 3.8) is 0 Å². The fourth-order valence-electron chi connectivity index (χ4n) is 3.75. The summed E-state index contributed by atoms with van der Waals surface area (Å²) in [5, 5.41) is 0. The Hall–Kier alpha value is -0.650. The van der Waals surface area contributed by atoms with Gasteiger partial charge < -0.3 is 19.1 Å². The predicted molar refractivity (Wildman–Crippen MR) is 78.0 cm³/mol. The third-order valence-electron chi connectivity index (χ3n) is 5.27. The molecule has 3 heterocycles. The number of likely N-dealkylation sites (tertiary alicyclic amines) is 1. The molecule has 120 valence electrons.